The summed E-state index contributed by atoms with van der Waals surface area (Å²) in [6.45, 7) is 2.59. The van der Waals surface area contributed by atoms with Crippen LogP contribution in [0.5, 0.6) is 0 Å². The van der Waals surface area contributed by atoms with E-state index < -0.39 is 0 Å². The summed E-state index contributed by atoms with van der Waals surface area (Å²) in [6, 6.07) is 0.615. The third kappa shape index (κ3) is 5.74. The van der Waals surface area contributed by atoms with Crippen molar-refractivity contribution in [1.82, 2.24) is 10.6 Å². The van der Waals surface area contributed by atoms with Crippen LogP contribution < -0.4 is 10.6 Å². The number of nitrogens with one attached hydrogen (secondary N) is 2. The Morgan fingerprint density at radius 3 is 3.13 bits per heavy atom. The smallest absolute Gasteiger partial charge is 0.220 e. The second-order valence-corrected chi connectivity index (χ2v) is 4.03. The topological polar surface area (TPSA) is 50.4 Å². The maximum Gasteiger partial charge on any atom is 0.220 e. The highest BCUT2D eigenvalue weighted by Crippen LogP contribution is 2.07. The molecule has 0 aromatic heterocycles. The van der Waals surface area contributed by atoms with Crippen LogP contribution in [-0.4, -0.2) is 38.8 Å². The van der Waals surface area contributed by atoms with Gasteiger partial charge < -0.3 is 15.4 Å². The van der Waals surface area contributed by atoms with E-state index in [1.54, 1.807) is 7.11 Å². The molecule has 1 saturated heterocycles. The van der Waals surface area contributed by atoms with Crippen molar-refractivity contribution in [2.45, 2.75) is 38.1 Å². The molecule has 2 N–H and O–H groups in total. The molecule has 1 fully saturated rings. The first-order valence-corrected chi connectivity index (χ1v) is 5.82. The molecule has 1 rings (SSSR count). The maximum atomic E-state index is 11.3. The Hall–Kier alpha value is -0.610. The standard InChI is InChI=1S/C11H22N2O2/c1-15-9-3-5-11(14)13-8-6-10-4-2-7-12-10/h10,12H,2-9H2,1H3,(H,13,14)/t10-/m0/s1. The highest BCUT2D eigenvalue weighted by atomic mass is 16.5. The molecule has 0 aromatic carbocycles. The Morgan fingerprint density at radius 1 is 1.60 bits per heavy atom. The van der Waals surface area contributed by atoms with Gasteiger partial charge in [0.15, 0.2) is 0 Å². The molecule has 0 saturated carbocycles. The van der Waals surface area contributed by atoms with Crippen molar-refractivity contribution >= 4 is 5.91 Å². The van der Waals surface area contributed by atoms with E-state index in [1.165, 1.54) is 12.8 Å². The molecule has 1 heterocycles. The Kier molecular flexibility index (Phi) is 6.36. The lowest BCUT2D eigenvalue weighted by atomic mass is 10.1. The molecular weight excluding hydrogens is 192 g/mol. The zero-order chi connectivity index (χ0) is 10.9. The van der Waals surface area contributed by atoms with Crippen LogP contribution in [0.3, 0.4) is 0 Å². The van der Waals surface area contributed by atoms with E-state index in [0.29, 0.717) is 19.1 Å². The molecule has 0 radical (unpaired) electrons. The van der Waals surface area contributed by atoms with Gasteiger partial charge in [-0.1, -0.05) is 0 Å². The predicted octanol–water partition coefficient (Wildman–Crippen LogP) is 0.671. The Balaban J connectivity index is 1.91. The van der Waals surface area contributed by atoms with Crippen molar-refractivity contribution in [3.63, 3.8) is 0 Å². The van der Waals surface area contributed by atoms with Crippen LogP contribution in [-0.2, 0) is 9.53 Å². The molecule has 15 heavy (non-hydrogen) atoms. The van der Waals surface area contributed by atoms with Crippen LogP contribution >= 0.6 is 0 Å². The van der Waals surface area contributed by atoms with Crippen molar-refractivity contribution < 1.29 is 9.53 Å². The third-order valence-electron chi connectivity index (χ3n) is 2.73. The molecule has 0 bridgehead atoms. The van der Waals surface area contributed by atoms with Gasteiger partial charge in [-0.15, -0.1) is 0 Å². The van der Waals surface area contributed by atoms with Crippen LogP contribution in [0.4, 0.5) is 0 Å². The molecular formula is C11H22N2O2. The van der Waals surface area contributed by atoms with Crippen molar-refractivity contribution in [3.8, 4) is 0 Å². The minimum atomic E-state index is 0.144. The Morgan fingerprint density at radius 2 is 2.47 bits per heavy atom. The molecule has 0 aromatic rings. The first-order chi connectivity index (χ1) is 7.33. The highest BCUT2D eigenvalue weighted by Gasteiger charge is 2.13. The summed E-state index contributed by atoms with van der Waals surface area (Å²) in [5.74, 6) is 0.144. The normalized spacial score (nSPS) is 20.5. The Bertz CT molecular complexity index is 179. The third-order valence-corrected chi connectivity index (χ3v) is 2.73. The molecule has 1 amide bonds. The summed E-state index contributed by atoms with van der Waals surface area (Å²) in [5.41, 5.74) is 0. The molecule has 4 heteroatoms. The van der Waals surface area contributed by atoms with Gasteiger partial charge in [-0.3, -0.25) is 4.79 Å². The van der Waals surface area contributed by atoms with Gasteiger partial charge in [-0.25, -0.2) is 0 Å². The molecule has 0 spiro atoms. The number of rotatable bonds is 7. The highest BCUT2D eigenvalue weighted by molar-refractivity contribution is 5.75. The predicted molar refractivity (Wildman–Crippen MR) is 59.8 cm³/mol. The van der Waals surface area contributed by atoms with Gasteiger partial charge in [-0.05, 0) is 32.2 Å². The van der Waals surface area contributed by atoms with Gasteiger partial charge in [0.25, 0.3) is 0 Å². The van der Waals surface area contributed by atoms with Crippen LogP contribution in [0.15, 0.2) is 0 Å². The number of amides is 1. The fourth-order valence-electron chi connectivity index (χ4n) is 1.85. The van der Waals surface area contributed by atoms with E-state index in [0.717, 1.165) is 25.9 Å². The molecule has 0 unspecified atom stereocenters. The molecule has 1 aliphatic heterocycles. The molecule has 1 atom stereocenters. The van der Waals surface area contributed by atoms with Gasteiger partial charge in [0, 0.05) is 32.7 Å². The van der Waals surface area contributed by atoms with E-state index in [4.69, 9.17) is 4.74 Å². The molecule has 0 aliphatic carbocycles. The average Bonchev–Trinajstić information content (AvgIpc) is 2.71. The van der Waals surface area contributed by atoms with Crippen molar-refractivity contribution in [2.24, 2.45) is 0 Å². The number of carbonyl (C=O) groups is 1. The summed E-state index contributed by atoms with van der Waals surface area (Å²) < 4.78 is 4.89. The largest absolute Gasteiger partial charge is 0.385 e. The minimum absolute atomic E-state index is 0.144. The van der Waals surface area contributed by atoms with Gasteiger partial charge in [0.2, 0.25) is 5.91 Å². The van der Waals surface area contributed by atoms with Gasteiger partial charge in [0.05, 0.1) is 0 Å². The van der Waals surface area contributed by atoms with E-state index in [1.807, 2.05) is 0 Å². The van der Waals surface area contributed by atoms with Crippen molar-refractivity contribution in [2.75, 3.05) is 26.8 Å². The van der Waals surface area contributed by atoms with Gasteiger partial charge >= 0.3 is 0 Å². The number of carbonyl (C=O) groups excluding carboxylic acids is 1. The lowest BCUT2D eigenvalue weighted by molar-refractivity contribution is -0.121. The average molecular weight is 214 g/mol. The number of hydrogen-bond acceptors (Lipinski definition) is 3. The minimum Gasteiger partial charge on any atom is -0.385 e. The maximum absolute atomic E-state index is 11.3. The zero-order valence-corrected chi connectivity index (χ0v) is 9.55. The van der Waals surface area contributed by atoms with Crippen molar-refractivity contribution in [1.29, 1.82) is 0 Å². The quantitative estimate of drug-likeness (QED) is 0.612. The van der Waals surface area contributed by atoms with E-state index in [2.05, 4.69) is 10.6 Å². The van der Waals surface area contributed by atoms with Crippen LogP contribution in [0.1, 0.15) is 32.1 Å². The SMILES string of the molecule is COCCCC(=O)NCC[C@@H]1CCCN1. The summed E-state index contributed by atoms with van der Waals surface area (Å²) in [5, 5.41) is 6.35. The number of ether oxygens (including phenoxy) is 1. The van der Waals surface area contributed by atoms with Gasteiger partial charge in [-0.2, -0.15) is 0 Å². The fraction of sp³-hybridized carbons (Fsp3) is 0.909. The zero-order valence-electron chi connectivity index (χ0n) is 9.55. The number of methoxy groups -OCH3 is 1. The van der Waals surface area contributed by atoms with E-state index >= 15 is 0 Å². The van der Waals surface area contributed by atoms with Crippen molar-refractivity contribution in [3.05, 3.63) is 0 Å². The van der Waals surface area contributed by atoms with E-state index in [9.17, 15) is 4.79 Å². The summed E-state index contributed by atoms with van der Waals surface area (Å²) in [6.07, 6.45) is 4.96. The van der Waals surface area contributed by atoms with Crippen LogP contribution in [0.2, 0.25) is 0 Å². The molecule has 88 valence electrons. The molecule has 1 aliphatic rings. The summed E-state index contributed by atoms with van der Waals surface area (Å²) in [4.78, 5) is 11.3. The Labute approximate surface area is 91.8 Å². The first kappa shape index (κ1) is 12.5. The molecule has 4 nitrogen and oxygen atoms in total. The lowest BCUT2D eigenvalue weighted by Gasteiger charge is -2.10. The summed E-state index contributed by atoms with van der Waals surface area (Å²) in [7, 11) is 1.66. The number of hydrogen-bond donors (Lipinski definition) is 2. The second kappa shape index (κ2) is 7.65. The van der Waals surface area contributed by atoms with Crippen LogP contribution in [0, 0.1) is 0 Å². The van der Waals surface area contributed by atoms with E-state index in [-0.39, 0.29) is 5.91 Å². The monoisotopic (exact) mass is 214 g/mol. The first-order valence-electron chi connectivity index (χ1n) is 5.82. The second-order valence-electron chi connectivity index (χ2n) is 4.03. The summed E-state index contributed by atoms with van der Waals surface area (Å²) >= 11 is 0. The fourth-order valence-corrected chi connectivity index (χ4v) is 1.85. The van der Waals surface area contributed by atoms with Crippen LogP contribution in [0.25, 0.3) is 0 Å². The van der Waals surface area contributed by atoms with Gasteiger partial charge in [0.1, 0.15) is 0 Å². The lowest BCUT2D eigenvalue weighted by Crippen LogP contribution is -2.30.